The first-order valence-corrected chi connectivity index (χ1v) is 3.14. The molecule has 0 aliphatic carbocycles. The van der Waals surface area contributed by atoms with E-state index in [9.17, 15) is 0 Å². The van der Waals surface area contributed by atoms with Crippen LogP contribution in [0.3, 0.4) is 0 Å². The second kappa shape index (κ2) is 4.47. The van der Waals surface area contributed by atoms with Gasteiger partial charge in [0.1, 0.15) is 5.84 Å². The van der Waals surface area contributed by atoms with Gasteiger partial charge in [0, 0.05) is 6.20 Å². The van der Waals surface area contributed by atoms with Crippen LogP contribution in [0.25, 0.3) is 0 Å². The van der Waals surface area contributed by atoms with Gasteiger partial charge in [0.25, 0.3) is 0 Å². The molecule has 0 spiro atoms. The topological polar surface area (TPSA) is 38.4 Å². The summed E-state index contributed by atoms with van der Waals surface area (Å²) >= 11 is 1.56. The first kappa shape index (κ1) is 8.59. The molecule has 1 rings (SSSR count). The Balaban J connectivity index is 0.000000640. The molecule has 9 heavy (non-hydrogen) atoms. The SMILES string of the molecule is Cl.NC1=NC=CSC=C1. The zero-order valence-corrected chi connectivity index (χ0v) is 6.28. The predicted molar refractivity (Wildman–Crippen MR) is 44.7 cm³/mol. The molecule has 1 aliphatic rings. The largest absolute Gasteiger partial charge is 0.384 e. The summed E-state index contributed by atoms with van der Waals surface area (Å²) in [6, 6.07) is 0. The lowest BCUT2D eigenvalue weighted by molar-refractivity contribution is 1.53. The highest BCUT2D eigenvalue weighted by atomic mass is 35.5. The second-order valence-corrected chi connectivity index (χ2v) is 2.09. The molecule has 0 bridgehead atoms. The van der Waals surface area contributed by atoms with Crippen LogP contribution >= 0.6 is 24.2 Å². The standard InChI is InChI=1S/C5H6N2S.ClH/c6-5-1-3-8-4-2-7-5;/h1-4H,(H2,6,7);1H. The van der Waals surface area contributed by atoms with Crippen LogP contribution in [0.15, 0.2) is 28.1 Å². The Hall–Kier alpha value is -0.410. The molecule has 0 radical (unpaired) electrons. The van der Waals surface area contributed by atoms with Crippen molar-refractivity contribution in [3.8, 4) is 0 Å². The third-order valence-corrected chi connectivity index (χ3v) is 1.25. The van der Waals surface area contributed by atoms with Gasteiger partial charge in [-0.25, -0.2) is 4.99 Å². The zero-order valence-electron chi connectivity index (χ0n) is 4.65. The van der Waals surface area contributed by atoms with Crippen molar-refractivity contribution in [1.82, 2.24) is 0 Å². The van der Waals surface area contributed by atoms with Crippen molar-refractivity contribution in [2.45, 2.75) is 0 Å². The molecular weight excluding hydrogens is 156 g/mol. The van der Waals surface area contributed by atoms with Crippen molar-refractivity contribution in [1.29, 1.82) is 0 Å². The monoisotopic (exact) mass is 162 g/mol. The lowest BCUT2D eigenvalue weighted by atomic mass is 10.6. The number of nitrogens with two attached hydrogens (primary N) is 1. The minimum absolute atomic E-state index is 0. The first-order chi connectivity index (χ1) is 3.89. The Morgan fingerprint density at radius 3 is 3.00 bits per heavy atom. The van der Waals surface area contributed by atoms with Crippen LogP contribution in [0.5, 0.6) is 0 Å². The van der Waals surface area contributed by atoms with Crippen LogP contribution in [0.4, 0.5) is 0 Å². The summed E-state index contributed by atoms with van der Waals surface area (Å²) in [5.74, 6) is 0.561. The Morgan fingerprint density at radius 1 is 1.44 bits per heavy atom. The molecule has 1 heterocycles. The highest BCUT2D eigenvalue weighted by Gasteiger charge is 1.82. The minimum Gasteiger partial charge on any atom is -0.384 e. The Labute approximate surface area is 64.3 Å². The summed E-state index contributed by atoms with van der Waals surface area (Å²) in [6.07, 6.45) is 3.45. The lowest BCUT2D eigenvalue weighted by Gasteiger charge is -1.80. The average molecular weight is 163 g/mol. The van der Waals surface area contributed by atoms with Gasteiger partial charge in [0.05, 0.1) is 0 Å². The number of aliphatic imine (C=N–C) groups is 1. The summed E-state index contributed by atoms with van der Waals surface area (Å²) in [5, 5.41) is 3.76. The lowest BCUT2D eigenvalue weighted by Crippen LogP contribution is -2.05. The number of hydrogen-bond acceptors (Lipinski definition) is 3. The van der Waals surface area contributed by atoms with E-state index in [1.807, 2.05) is 10.8 Å². The van der Waals surface area contributed by atoms with Crippen molar-refractivity contribution in [3.05, 3.63) is 23.1 Å². The molecule has 0 aromatic heterocycles. The quantitative estimate of drug-likeness (QED) is 0.586. The number of rotatable bonds is 0. The Bertz CT molecular complexity index is 162. The molecule has 0 unspecified atom stereocenters. The highest BCUT2D eigenvalue weighted by Crippen LogP contribution is 2.05. The normalized spacial score (nSPS) is 15.8. The molecule has 2 N–H and O–H groups in total. The van der Waals surface area contributed by atoms with Gasteiger partial charge in [-0.05, 0) is 16.9 Å². The van der Waals surface area contributed by atoms with Crippen molar-refractivity contribution < 1.29 is 0 Å². The molecule has 0 amide bonds. The molecule has 0 saturated heterocycles. The fourth-order valence-corrected chi connectivity index (χ4v) is 0.789. The summed E-state index contributed by atoms with van der Waals surface area (Å²) < 4.78 is 0. The van der Waals surface area contributed by atoms with Gasteiger partial charge in [0.15, 0.2) is 0 Å². The number of halogens is 1. The van der Waals surface area contributed by atoms with E-state index in [1.54, 1.807) is 24.0 Å². The maximum Gasteiger partial charge on any atom is 0.123 e. The van der Waals surface area contributed by atoms with Gasteiger partial charge in [-0.1, -0.05) is 0 Å². The van der Waals surface area contributed by atoms with E-state index in [0.29, 0.717) is 5.84 Å². The van der Waals surface area contributed by atoms with Crippen LogP contribution in [-0.4, -0.2) is 5.84 Å². The number of amidine groups is 1. The molecule has 2 nitrogen and oxygen atoms in total. The van der Waals surface area contributed by atoms with Crippen molar-refractivity contribution in [2.24, 2.45) is 10.7 Å². The second-order valence-electron chi connectivity index (χ2n) is 1.28. The van der Waals surface area contributed by atoms with Gasteiger partial charge in [0.2, 0.25) is 0 Å². The molecule has 1 aliphatic heterocycles. The maximum atomic E-state index is 5.33. The average Bonchev–Trinajstić information content (AvgIpc) is 1.94. The Kier molecular flexibility index (Phi) is 4.26. The summed E-state index contributed by atoms with van der Waals surface area (Å²) in [4.78, 5) is 3.83. The van der Waals surface area contributed by atoms with Crippen LogP contribution in [0, 0.1) is 0 Å². The van der Waals surface area contributed by atoms with Crippen molar-refractivity contribution >= 4 is 30.0 Å². The number of hydrogen-bond donors (Lipinski definition) is 1. The van der Waals surface area contributed by atoms with Crippen LogP contribution in [-0.2, 0) is 0 Å². The van der Waals surface area contributed by atoms with E-state index in [4.69, 9.17) is 5.73 Å². The van der Waals surface area contributed by atoms with E-state index in [1.165, 1.54) is 0 Å². The van der Waals surface area contributed by atoms with Gasteiger partial charge >= 0.3 is 0 Å². The smallest absolute Gasteiger partial charge is 0.123 e. The fraction of sp³-hybridized carbons (Fsp3) is 0. The minimum atomic E-state index is 0. The van der Waals surface area contributed by atoms with Gasteiger partial charge in [-0.3, -0.25) is 0 Å². The fourth-order valence-electron chi connectivity index (χ4n) is 0.349. The predicted octanol–water partition coefficient (Wildman–Crippen LogP) is 1.50. The summed E-state index contributed by atoms with van der Waals surface area (Å²) in [5.41, 5.74) is 5.33. The summed E-state index contributed by atoms with van der Waals surface area (Å²) in [7, 11) is 0. The number of nitrogens with zero attached hydrogens (tertiary/aromatic N) is 1. The van der Waals surface area contributed by atoms with E-state index in [0.717, 1.165) is 0 Å². The third kappa shape index (κ3) is 3.21. The van der Waals surface area contributed by atoms with E-state index >= 15 is 0 Å². The summed E-state index contributed by atoms with van der Waals surface area (Å²) in [6.45, 7) is 0. The van der Waals surface area contributed by atoms with Crippen LogP contribution < -0.4 is 5.73 Å². The molecule has 50 valence electrons. The van der Waals surface area contributed by atoms with Gasteiger partial charge in [-0.2, -0.15) is 0 Å². The molecule has 0 aromatic carbocycles. The van der Waals surface area contributed by atoms with E-state index < -0.39 is 0 Å². The first-order valence-electron chi connectivity index (χ1n) is 2.20. The maximum absolute atomic E-state index is 5.33. The van der Waals surface area contributed by atoms with Crippen LogP contribution in [0.1, 0.15) is 0 Å². The molecule has 0 fully saturated rings. The van der Waals surface area contributed by atoms with Gasteiger partial charge < -0.3 is 5.73 Å². The highest BCUT2D eigenvalue weighted by molar-refractivity contribution is 8.04. The third-order valence-electron chi connectivity index (χ3n) is 0.680. The Morgan fingerprint density at radius 2 is 2.22 bits per heavy atom. The molecular formula is C5H7ClN2S. The molecule has 4 heteroatoms. The number of thioether (sulfide) groups is 1. The molecule has 0 aromatic rings. The molecule has 0 atom stereocenters. The van der Waals surface area contributed by atoms with E-state index in [-0.39, 0.29) is 12.4 Å². The zero-order chi connectivity index (χ0) is 5.82. The van der Waals surface area contributed by atoms with Crippen molar-refractivity contribution in [3.63, 3.8) is 0 Å². The van der Waals surface area contributed by atoms with Crippen LogP contribution in [0.2, 0.25) is 0 Å². The van der Waals surface area contributed by atoms with E-state index in [2.05, 4.69) is 4.99 Å². The van der Waals surface area contributed by atoms with Crippen molar-refractivity contribution in [2.75, 3.05) is 0 Å². The van der Waals surface area contributed by atoms with Gasteiger partial charge in [-0.15, -0.1) is 24.2 Å². The molecule has 0 saturated carbocycles.